The molecule has 0 saturated heterocycles. The van der Waals surface area contributed by atoms with Crippen molar-refractivity contribution in [1.82, 2.24) is 29.9 Å². The van der Waals surface area contributed by atoms with Gasteiger partial charge >= 0.3 is 0 Å². The summed E-state index contributed by atoms with van der Waals surface area (Å²) in [7, 11) is 0. The van der Waals surface area contributed by atoms with Gasteiger partial charge in [0, 0.05) is 87.4 Å². The van der Waals surface area contributed by atoms with Gasteiger partial charge in [0.1, 0.15) is 53.8 Å². The van der Waals surface area contributed by atoms with Crippen molar-refractivity contribution < 1.29 is 19.2 Å². The Kier molecular flexibility index (Phi) is 17.6. The second-order valence-corrected chi connectivity index (χ2v) is 19.8. The van der Waals surface area contributed by atoms with E-state index in [0.29, 0.717) is 42.4 Å². The van der Waals surface area contributed by atoms with E-state index in [9.17, 15) is 19.2 Å². The summed E-state index contributed by atoms with van der Waals surface area (Å²) in [6.07, 6.45) is 14.6. The first-order valence-corrected chi connectivity index (χ1v) is 24.8. The number of benzene rings is 4. The zero-order valence-electron chi connectivity index (χ0n) is 39.5. The molecule has 4 aliphatic carbocycles. The van der Waals surface area contributed by atoms with Crippen LogP contribution in [0, 0.1) is 23.7 Å². The SMILES string of the molecule is CC1Cc2cc(Br)ccc2C1=O.CC1Cc2cc(Br)ccc2CC1=O.CC1Cc2cc(Nc3ccncn3)ccc2CC1=O.CC1Cc2cc(Nc3ccncn3)ccc2CC1=O.Nc1ccncn1. The van der Waals surface area contributed by atoms with Crippen LogP contribution in [-0.4, -0.2) is 53.0 Å². The van der Waals surface area contributed by atoms with E-state index >= 15 is 0 Å². The minimum absolute atomic E-state index is 0.127. The van der Waals surface area contributed by atoms with Gasteiger partial charge in [0.15, 0.2) is 5.78 Å². The number of anilines is 5. The molecule has 13 nitrogen and oxygen atoms in total. The molecule has 0 bridgehead atoms. The molecular formula is C55H55Br2N9O4. The van der Waals surface area contributed by atoms with Gasteiger partial charge < -0.3 is 16.4 Å². The summed E-state index contributed by atoms with van der Waals surface area (Å²) >= 11 is 6.83. The molecule has 0 aliphatic heterocycles. The molecule has 3 heterocycles. The summed E-state index contributed by atoms with van der Waals surface area (Å²) in [5, 5.41) is 6.49. The number of nitrogens with one attached hydrogen (secondary N) is 2. The summed E-state index contributed by atoms with van der Waals surface area (Å²) in [5.41, 5.74) is 16.6. The van der Waals surface area contributed by atoms with Crippen molar-refractivity contribution in [1.29, 1.82) is 0 Å². The average molecular weight is 1070 g/mol. The fourth-order valence-electron chi connectivity index (χ4n) is 8.49. The molecule has 70 heavy (non-hydrogen) atoms. The number of hydrogen-bond donors (Lipinski definition) is 3. The van der Waals surface area contributed by atoms with Gasteiger partial charge in [-0.2, -0.15) is 0 Å². The zero-order valence-corrected chi connectivity index (χ0v) is 42.7. The topological polar surface area (TPSA) is 196 Å². The third-order valence-corrected chi connectivity index (χ3v) is 13.5. The van der Waals surface area contributed by atoms with Gasteiger partial charge in [0.25, 0.3) is 0 Å². The van der Waals surface area contributed by atoms with E-state index < -0.39 is 0 Å². The summed E-state index contributed by atoms with van der Waals surface area (Å²) in [5.74, 6) is 4.01. The number of aromatic nitrogens is 6. The lowest BCUT2D eigenvalue weighted by molar-refractivity contribution is -0.122. The average Bonchev–Trinajstić information content (AvgIpc) is 3.63. The number of hydrogen-bond acceptors (Lipinski definition) is 13. The first-order valence-electron chi connectivity index (χ1n) is 23.2. The predicted molar refractivity (Wildman–Crippen MR) is 280 cm³/mol. The molecule has 0 spiro atoms. The molecule has 11 rings (SSSR count). The number of carbonyl (C=O) groups is 4. The molecule has 0 saturated carbocycles. The molecular weight excluding hydrogens is 1010 g/mol. The first-order chi connectivity index (χ1) is 33.7. The fourth-order valence-corrected chi connectivity index (χ4v) is 9.31. The van der Waals surface area contributed by atoms with Crippen molar-refractivity contribution in [3.63, 3.8) is 0 Å². The van der Waals surface area contributed by atoms with E-state index in [1.807, 2.05) is 94.4 Å². The molecule has 358 valence electrons. The third kappa shape index (κ3) is 14.1. The van der Waals surface area contributed by atoms with E-state index in [-0.39, 0.29) is 29.5 Å². The molecule has 4 N–H and O–H groups in total. The number of Topliss-reactive ketones (excluding diaryl/α,β-unsaturated/α-hetero) is 4. The first kappa shape index (κ1) is 51.0. The Hall–Kier alpha value is -6.84. The summed E-state index contributed by atoms with van der Waals surface area (Å²) in [6, 6.07) is 29.6. The van der Waals surface area contributed by atoms with Crippen LogP contribution in [0.4, 0.5) is 28.8 Å². The highest BCUT2D eigenvalue weighted by Crippen LogP contribution is 2.31. The Morgan fingerprint density at radius 3 is 1.27 bits per heavy atom. The number of carbonyl (C=O) groups excluding carboxylic acids is 4. The Morgan fingerprint density at radius 1 is 0.457 bits per heavy atom. The van der Waals surface area contributed by atoms with Gasteiger partial charge in [-0.3, -0.25) is 19.2 Å². The number of rotatable bonds is 4. The van der Waals surface area contributed by atoms with Gasteiger partial charge in [-0.05, 0) is 131 Å². The minimum atomic E-state index is 0.127. The van der Waals surface area contributed by atoms with E-state index in [4.69, 9.17) is 5.73 Å². The standard InChI is InChI=1S/2C15H15N3O.C11H11BrO.C10H9BrO.C4H5N3/c2*1-10-6-12-7-13(3-2-11(12)8-14(10)19)18-15-4-5-16-9-17-15;1-7-4-9-5-10(12)3-2-8(9)6-11(7)13;1-6-4-7-5-8(11)2-3-9(7)10(6)12;5-4-1-2-6-3-7-4/h2*2-5,7,9-10H,6,8H2,1H3,(H,16,17,18);2-3,5,7H,4,6H2,1H3;2-3,5-6H,4H2,1H3;1-3H,(H2,5,6,7). The maximum absolute atomic E-state index is 11.7. The van der Waals surface area contributed by atoms with Crippen LogP contribution in [0.2, 0.25) is 0 Å². The van der Waals surface area contributed by atoms with Crippen molar-refractivity contribution >= 4 is 83.8 Å². The molecule has 3 aromatic heterocycles. The summed E-state index contributed by atoms with van der Waals surface area (Å²) in [4.78, 5) is 69.7. The maximum atomic E-state index is 11.7. The minimum Gasteiger partial charge on any atom is -0.384 e. The van der Waals surface area contributed by atoms with Gasteiger partial charge in [0.05, 0.1) is 0 Å². The number of nitrogen functional groups attached to an aromatic ring is 1. The van der Waals surface area contributed by atoms with Crippen molar-refractivity contribution in [2.75, 3.05) is 16.4 Å². The number of nitrogens with two attached hydrogens (primary N) is 1. The summed E-state index contributed by atoms with van der Waals surface area (Å²) < 4.78 is 2.16. The van der Waals surface area contributed by atoms with E-state index in [1.165, 1.54) is 46.8 Å². The van der Waals surface area contributed by atoms with Crippen molar-refractivity contribution in [2.45, 2.75) is 72.6 Å². The Bertz CT molecular complexity index is 2850. The van der Waals surface area contributed by atoms with Gasteiger partial charge in [0.2, 0.25) is 0 Å². The molecule has 4 aliphatic rings. The monoisotopic (exact) mass is 1060 g/mol. The molecule has 4 aromatic carbocycles. The zero-order chi connectivity index (χ0) is 49.7. The highest BCUT2D eigenvalue weighted by Gasteiger charge is 2.27. The molecule has 7 aromatic rings. The van der Waals surface area contributed by atoms with Crippen molar-refractivity contribution in [3.8, 4) is 0 Å². The Morgan fingerprint density at radius 2 is 0.857 bits per heavy atom. The van der Waals surface area contributed by atoms with Crippen LogP contribution in [0.1, 0.15) is 77.0 Å². The second-order valence-electron chi connectivity index (χ2n) is 18.0. The number of halogens is 2. The van der Waals surface area contributed by atoms with Crippen LogP contribution >= 0.6 is 31.9 Å². The predicted octanol–water partition coefficient (Wildman–Crippen LogP) is 10.7. The normalized spacial score (nSPS) is 18.2. The highest BCUT2D eigenvalue weighted by molar-refractivity contribution is 9.10. The number of nitrogens with zero attached hydrogens (tertiary/aromatic N) is 6. The maximum Gasteiger partial charge on any atom is 0.166 e. The van der Waals surface area contributed by atoms with Gasteiger partial charge in [-0.1, -0.05) is 83.8 Å². The largest absolute Gasteiger partial charge is 0.384 e. The molecule has 15 heteroatoms. The van der Waals surface area contributed by atoms with Gasteiger partial charge in [-0.15, -0.1) is 0 Å². The fraction of sp³-hybridized carbons (Fsp3) is 0.273. The van der Waals surface area contributed by atoms with E-state index in [0.717, 1.165) is 74.3 Å². The third-order valence-electron chi connectivity index (χ3n) is 12.5. The van der Waals surface area contributed by atoms with Gasteiger partial charge in [-0.25, -0.2) is 29.9 Å². The summed E-state index contributed by atoms with van der Waals surface area (Å²) in [6.45, 7) is 7.98. The van der Waals surface area contributed by atoms with Crippen molar-refractivity contribution in [3.05, 3.63) is 182 Å². The molecule has 4 unspecified atom stereocenters. The Labute approximate surface area is 425 Å². The number of ketones is 4. The molecule has 4 atom stereocenters. The lowest BCUT2D eigenvalue weighted by Crippen LogP contribution is -2.22. The molecule has 0 fully saturated rings. The van der Waals surface area contributed by atoms with Crippen LogP contribution in [0.25, 0.3) is 0 Å². The van der Waals surface area contributed by atoms with Crippen LogP contribution in [0.3, 0.4) is 0 Å². The smallest absolute Gasteiger partial charge is 0.166 e. The van der Waals surface area contributed by atoms with Crippen LogP contribution in [0.15, 0.2) is 138 Å². The molecule has 0 radical (unpaired) electrons. The second kappa shape index (κ2) is 24.1. The van der Waals surface area contributed by atoms with Crippen LogP contribution < -0.4 is 16.4 Å². The molecule has 0 amide bonds. The van der Waals surface area contributed by atoms with Crippen LogP contribution in [0.5, 0.6) is 0 Å². The number of fused-ring (bicyclic) bond motifs is 4. The lowest BCUT2D eigenvalue weighted by Gasteiger charge is -2.21. The quantitative estimate of drug-likeness (QED) is 0.151. The highest BCUT2D eigenvalue weighted by atomic mass is 79.9. The lowest BCUT2D eigenvalue weighted by atomic mass is 9.84. The van der Waals surface area contributed by atoms with Crippen molar-refractivity contribution in [2.24, 2.45) is 23.7 Å². The van der Waals surface area contributed by atoms with E-state index in [2.05, 4.69) is 90.6 Å². The van der Waals surface area contributed by atoms with Crippen LogP contribution in [-0.2, 0) is 59.3 Å². The van der Waals surface area contributed by atoms with E-state index in [1.54, 1.807) is 24.7 Å². The Balaban J connectivity index is 0.000000133.